The second-order valence-corrected chi connectivity index (χ2v) is 7.24. The number of aromatic nitrogens is 2. The van der Waals surface area contributed by atoms with Crippen LogP contribution >= 0.6 is 0 Å². The summed E-state index contributed by atoms with van der Waals surface area (Å²) in [6.07, 6.45) is 3.52. The van der Waals surface area contributed by atoms with Crippen molar-refractivity contribution in [2.24, 2.45) is 0 Å². The van der Waals surface area contributed by atoms with Crippen molar-refractivity contribution in [3.05, 3.63) is 71.2 Å². The highest BCUT2D eigenvalue weighted by Gasteiger charge is 2.27. The summed E-state index contributed by atoms with van der Waals surface area (Å²) in [5, 5.41) is 9.00. The molecule has 1 aromatic carbocycles. The lowest BCUT2D eigenvalue weighted by molar-refractivity contribution is -0.137. The largest absolute Gasteiger partial charge is 0.492 e. The van der Waals surface area contributed by atoms with Crippen LogP contribution in [0.2, 0.25) is 0 Å². The summed E-state index contributed by atoms with van der Waals surface area (Å²) in [5.74, 6) is 0.105. The molecule has 6 heteroatoms. The van der Waals surface area contributed by atoms with Gasteiger partial charge in [0.1, 0.15) is 12.4 Å². The monoisotopic (exact) mass is 390 g/mol. The summed E-state index contributed by atoms with van der Waals surface area (Å²) in [6.45, 7) is 4.83. The number of nitrogens with zero attached hydrogens (tertiary/aromatic N) is 2. The number of aliphatic carboxylic acids is 1. The SMILES string of the molecule is Cc1ccnc(C)c1-c1cccc(COc2cc3c(cn2)C(CC(=O)O)CO3)c1. The summed E-state index contributed by atoms with van der Waals surface area (Å²) in [7, 11) is 0. The zero-order chi connectivity index (χ0) is 20.4. The first-order chi connectivity index (χ1) is 14.0. The van der Waals surface area contributed by atoms with Gasteiger partial charge in [-0.15, -0.1) is 0 Å². The summed E-state index contributed by atoms with van der Waals surface area (Å²) >= 11 is 0. The van der Waals surface area contributed by atoms with Crippen molar-refractivity contribution < 1.29 is 19.4 Å². The lowest BCUT2D eigenvalue weighted by Gasteiger charge is -2.11. The average Bonchev–Trinajstić information content (AvgIpc) is 3.08. The van der Waals surface area contributed by atoms with Gasteiger partial charge in [-0.3, -0.25) is 9.78 Å². The topological polar surface area (TPSA) is 81.5 Å². The van der Waals surface area contributed by atoms with Gasteiger partial charge in [0.05, 0.1) is 13.0 Å². The molecule has 148 valence electrons. The predicted octanol–water partition coefficient (Wildman–Crippen LogP) is 4.29. The van der Waals surface area contributed by atoms with E-state index in [0.29, 0.717) is 24.8 Å². The van der Waals surface area contributed by atoms with E-state index in [1.54, 1.807) is 12.3 Å². The molecule has 29 heavy (non-hydrogen) atoms. The Labute approximate surface area is 169 Å². The number of aryl methyl sites for hydroxylation is 2. The van der Waals surface area contributed by atoms with Crippen molar-refractivity contribution in [2.45, 2.75) is 32.8 Å². The molecule has 0 amide bonds. The second-order valence-electron chi connectivity index (χ2n) is 7.24. The molecule has 1 unspecified atom stereocenters. The van der Waals surface area contributed by atoms with Gasteiger partial charge < -0.3 is 14.6 Å². The first-order valence-corrected chi connectivity index (χ1v) is 9.50. The number of hydrogen-bond acceptors (Lipinski definition) is 5. The molecule has 1 aliphatic heterocycles. The molecule has 1 N–H and O–H groups in total. The number of hydrogen-bond donors (Lipinski definition) is 1. The van der Waals surface area contributed by atoms with E-state index in [1.807, 2.05) is 31.3 Å². The average molecular weight is 390 g/mol. The molecule has 0 spiro atoms. The van der Waals surface area contributed by atoms with Gasteiger partial charge in [0, 0.05) is 41.2 Å². The van der Waals surface area contributed by atoms with Crippen LogP contribution in [-0.4, -0.2) is 27.7 Å². The Kier molecular flexibility index (Phi) is 5.16. The Hall–Kier alpha value is -3.41. The van der Waals surface area contributed by atoms with Crippen LogP contribution < -0.4 is 9.47 Å². The van der Waals surface area contributed by atoms with E-state index in [9.17, 15) is 4.79 Å². The van der Waals surface area contributed by atoms with E-state index in [0.717, 1.165) is 27.9 Å². The maximum atomic E-state index is 11.0. The van der Waals surface area contributed by atoms with E-state index in [4.69, 9.17) is 14.6 Å². The van der Waals surface area contributed by atoms with Crippen molar-refractivity contribution >= 4 is 5.97 Å². The minimum atomic E-state index is -0.842. The molecular weight excluding hydrogens is 368 g/mol. The molecule has 1 aliphatic rings. The summed E-state index contributed by atoms with van der Waals surface area (Å²) < 4.78 is 11.5. The normalized spacial score (nSPS) is 14.9. The zero-order valence-corrected chi connectivity index (χ0v) is 16.4. The van der Waals surface area contributed by atoms with E-state index >= 15 is 0 Å². The Morgan fingerprint density at radius 2 is 2.10 bits per heavy atom. The second kappa shape index (κ2) is 7.91. The van der Waals surface area contributed by atoms with Crippen LogP contribution in [0.3, 0.4) is 0 Å². The molecule has 1 atom stereocenters. The van der Waals surface area contributed by atoms with E-state index in [-0.39, 0.29) is 12.3 Å². The Morgan fingerprint density at radius 1 is 1.24 bits per heavy atom. The lowest BCUT2D eigenvalue weighted by Crippen LogP contribution is -2.07. The molecule has 3 heterocycles. The zero-order valence-electron chi connectivity index (χ0n) is 16.4. The van der Waals surface area contributed by atoms with Gasteiger partial charge in [0.25, 0.3) is 0 Å². The number of benzene rings is 1. The van der Waals surface area contributed by atoms with Crippen molar-refractivity contribution in [3.63, 3.8) is 0 Å². The molecular formula is C23H22N2O4. The predicted molar refractivity (Wildman–Crippen MR) is 108 cm³/mol. The summed E-state index contributed by atoms with van der Waals surface area (Å²) in [4.78, 5) is 19.7. The van der Waals surface area contributed by atoms with Crippen LogP contribution in [0.1, 0.15) is 34.7 Å². The van der Waals surface area contributed by atoms with Crippen LogP contribution in [-0.2, 0) is 11.4 Å². The molecule has 2 aromatic heterocycles. The minimum absolute atomic E-state index is 0.0366. The molecule has 0 fully saturated rings. The van der Waals surface area contributed by atoms with Crippen molar-refractivity contribution in [2.75, 3.05) is 6.61 Å². The number of carboxylic acids is 1. The number of rotatable bonds is 6. The minimum Gasteiger partial charge on any atom is -0.492 e. The van der Waals surface area contributed by atoms with Gasteiger partial charge in [0.15, 0.2) is 0 Å². The number of pyridine rings is 2. The van der Waals surface area contributed by atoms with Crippen molar-refractivity contribution in [1.82, 2.24) is 9.97 Å². The van der Waals surface area contributed by atoms with Gasteiger partial charge in [-0.2, -0.15) is 0 Å². The van der Waals surface area contributed by atoms with Crippen molar-refractivity contribution in [3.8, 4) is 22.8 Å². The van der Waals surface area contributed by atoms with E-state index in [1.165, 1.54) is 5.56 Å². The fourth-order valence-electron chi connectivity index (χ4n) is 3.70. The van der Waals surface area contributed by atoms with E-state index < -0.39 is 5.97 Å². The molecule has 0 saturated heterocycles. The quantitative estimate of drug-likeness (QED) is 0.676. The van der Waals surface area contributed by atoms with Crippen LogP contribution in [0, 0.1) is 13.8 Å². The maximum absolute atomic E-state index is 11.0. The third-order valence-corrected chi connectivity index (χ3v) is 5.12. The molecule has 3 aromatic rings. The highest BCUT2D eigenvalue weighted by atomic mass is 16.5. The highest BCUT2D eigenvalue weighted by molar-refractivity contribution is 5.70. The van der Waals surface area contributed by atoms with Crippen LogP contribution in [0.4, 0.5) is 0 Å². The van der Waals surface area contributed by atoms with Crippen LogP contribution in [0.5, 0.6) is 11.6 Å². The third kappa shape index (κ3) is 4.06. The molecule has 6 nitrogen and oxygen atoms in total. The fraction of sp³-hybridized carbons (Fsp3) is 0.261. The lowest BCUT2D eigenvalue weighted by atomic mass is 9.98. The molecule has 4 rings (SSSR count). The van der Waals surface area contributed by atoms with Gasteiger partial charge >= 0.3 is 5.97 Å². The van der Waals surface area contributed by atoms with Gasteiger partial charge in [-0.05, 0) is 42.7 Å². The molecule has 0 radical (unpaired) electrons. The first kappa shape index (κ1) is 18.9. The third-order valence-electron chi connectivity index (χ3n) is 5.12. The maximum Gasteiger partial charge on any atom is 0.304 e. The van der Waals surface area contributed by atoms with Crippen LogP contribution in [0.15, 0.2) is 48.8 Å². The standard InChI is InChI=1S/C23H22N2O4/c1-14-6-7-24-15(2)23(14)17-5-3-4-16(8-17)12-29-21-10-20-19(11-25-21)18(13-28-20)9-22(26)27/h3-8,10-11,18H,9,12-13H2,1-2H3,(H,26,27). The van der Waals surface area contributed by atoms with Gasteiger partial charge in [-0.25, -0.2) is 4.98 Å². The van der Waals surface area contributed by atoms with Crippen molar-refractivity contribution in [1.29, 1.82) is 0 Å². The Balaban J connectivity index is 1.49. The van der Waals surface area contributed by atoms with Gasteiger partial charge in [-0.1, -0.05) is 18.2 Å². The smallest absolute Gasteiger partial charge is 0.304 e. The Morgan fingerprint density at radius 3 is 2.90 bits per heavy atom. The molecule has 0 saturated carbocycles. The number of carboxylic acid groups (broad SMARTS) is 1. The molecule has 0 bridgehead atoms. The number of carbonyl (C=O) groups is 1. The summed E-state index contributed by atoms with van der Waals surface area (Å²) in [5.41, 5.74) is 6.28. The van der Waals surface area contributed by atoms with Crippen LogP contribution in [0.25, 0.3) is 11.1 Å². The highest BCUT2D eigenvalue weighted by Crippen LogP contribution is 2.37. The fourth-order valence-corrected chi connectivity index (χ4v) is 3.70. The Bertz CT molecular complexity index is 1040. The summed E-state index contributed by atoms with van der Waals surface area (Å²) in [6, 6.07) is 11.9. The number of ether oxygens (including phenoxy) is 2. The van der Waals surface area contributed by atoms with E-state index in [2.05, 4.69) is 29.0 Å². The molecule has 0 aliphatic carbocycles. The van der Waals surface area contributed by atoms with Gasteiger partial charge in [0.2, 0.25) is 5.88 Å². The number of fused-ring (bicyclic) bond motifs is 1. The first-order valence-electron chi connectivity index (χ1n) is 9.50.